The Bertz CT molecular complexity index is 507. The molecule has 0 atom stereocenters. The zero-order chi connectivity index (χ0) is 13.7. The number of carbonyl (C=O) groups excluding carboxylic acids is 1. The molecule has 0 aromatic heterocycles. The molecule has 2 rings (SSSR count). The van der Waals surface area contributed by atoms with Gasteiger partial charge in [0.1, 0.15) is 0 Å². The Morgan fingerprint density at radius 2 is 2.05 bits per heavy atom. The summed E-state index contributed by atoms with van der Waals surface area (Å²) in [5.41, 5.74) is 1.46. The number of amides is 1. The number of likely N-dealkylation sites (tertiary alicyclic amines) is 1. The molecule has 1 saturated heterocycles. The van der Waals surface area contributed by atoms with E-state index in [2.05, 4.69) is 6.07 Å². The molecule has 1 heterocycles. The average molecular weight is 277 g/mol. The van der Waals surface area contributed by atoms with Crippen LogP contribution in [-0.4, -0.2) is 17.4 Å². The molecule has 0 N–H and O–H groups in total. The molecule has 4 heteroatoms. The van der Waals surface area contributed by atoms with Crippen molar-refractivity contribution in [1.29, 1.82) is 5.26 Å². The Morgan fingerprint density at radius 1 is 1.26 bits per heavy atom. The number of halogens is 1. The molecule has 0 radical (unpaired) electrons. The van der Waals surface area contributed by atoms with Gasteiger partial charge < -0.3 is 4.90 Å². The fraction of sp³-hybridized carbons (Fsp3) is 0.467. The standard InChI is InChI=1S/C15H17ClN2O/c16-14-9-12(10-17)6-7-13(14)11-18-8-4-2-1-3-5-15(18)19/h6-7,9H,1-5,8,11H2. The first kappa shape index (κ1) is 13.9. The summed E-state index contributed by atoms with van der Waals surface area (Å²) in [6, 6.07) is 7.30. The Morgan fingerprint density at radius 3 is 2.79 bits per heavy atom. The van der Waals surface area contributed by atoms with Gasteiger partial charge in [-0.25, -0.2) is 0 Å². The highest BCUT2D eigenvalue weighted by molar-refractivity contribution is 6.31. The summed E-state index contributed by atoms with van der Waals surface area (Å²) < 4.78 is 0. The van der Waals surface area contributed by atoms with Crippen molar-refractivity contribution >= 4 is 17.5 Å². The van der Waals surface area contributed by atoms with Crippen LogP contribution in [0.5, 0.6) is 0 Å². The third-order valence-electron chi connectivity index (χ3n) is 3.46. The van der Waals surface area contributed by atoms with Crippen LogP contribution < -0.4 is 0 Å². The molecule has 19 heavy (non-hydrogen) atoms. The minimum absolute atomic E-state index is 0.208. The number of nitriles is 1. The van der Waals surface area contributed by atoms with E-state index in [0.717, 1.165) is 31.4 Å². The van der Waals surface area contributed by atoms with E-state index in [9.17, 15) is 4.79 Å². The van der Waals surface area contributed by atoms with E-state index in [1.807, 2.05) is 11.0 Å². The minimum atomic E-state index is 0.208. The third-order valence-corrected chi connectivity index (χ3v) is 3.82. The number of hydrogen-bond donors (Lipinski definition) is 0. The maximum atomic E-state index is 12.0. The smallest absolute Gasteiger partial charge is 0.222 e. The summed E-state index contributed by atoms with van der Waals surface area (Å²) in [5, 5.41) is 9.38. The van der Waals surface area contributed by atoms with Crippen LogP contribution in [0.25, 0.3) is 0 Å². The van der Waals surface area contributed by atoms with Gasteiger partial charge in [0.05, 0.1) is 11.6 Å². The van der Waals surface area contributed by atoms with Crippen LogP contribution in [0.2, 0.25) is 5.02 Å². The molecule has 100 valence electrons. The van der Waals surface area contributed by atoms with Gasteiger partial charge in [0.2, 0.25) is 5.91 Å². The molecule has 1 aromatic rings. The van der Waals surface area contributed by atoms with Crippen LogP contribution in [0.4, 0.5) is 0 Å². The molecule has 0 unspecified atom stereocenters. The predicted molar refractivity (Wildman–Crippen MR) is 74.7 cm³/mol. The quantitative estimate of drug-likeness (QED) is 0.830. The molecular formula is C15H17ClN2O. The summed E-state index contributed by atoms with van der Waals surface area (Å²) >= 11 is 6.16. The van der Waals surface area contributed by atoms with Crippen LogP contribution in [-0.2, 0) is 11.3 Å². The lowest BCUT2D eigenvalue weighted by atomic mass is 10.1. The van der Waals surface area contributed by atoms with Gasteiger partial charge in [-0.1, -0.05) is 30.5 Å². The molecule has 0 bridgehead atoms. The minimum Gasteiger partial charge on any atom is -0.338 e. The number of nitrogens with zero attached hydrogens (tertiary/aromatic N) is 2. The summed E-state index contributed by atoms with van der Waals surface area (Å²) in [6.45, 7) is 1.35. The van der Waals surface area contributed by atoms with Gasteiger partial charge in [-0.3, -0.25) is 4.79 Å². The fourth-order valence-electron chi connectivity index (χ4n) is 2.33. The van der Waals surface area contributed by atoms with Gasteiger partial charge >= 0.3 is 0 Å². The van der Waals surface area contributed by atoms with Crippen molar-refractivity contribution in [2.24, 2.45) is 0 Å². The third kappa shape index (κ3) is 3.71. The van der Waals surface area contributed by atoms with Crippen LogP contribution in [0.15, 0.2) is 18.2 Å². The molecule has 0 saturated carbocycles. The zero-order valence-corrected chi connectivity index (χ0v) is 11.6. The first-order chi connectivity index (χ1) is 9.20. The Hall–Kier alpha value is -1.53. The molecule has 1 aliphatic rings. The van der Waals surface area contributed by atoms with Crippen molar-refractivity contribution in [2.75, 3.05) is 6.54 Å². The predicted octanol–water partition coefficient (Wildman–Crippen LogP) is 3.50. The van der Waals surface area contributed by atoms with Crippen molar-refractivity contribution in [3.63, 3.8) is 0 Å². The normalized spacial score (nSPS) is 16.6. The Labute approximate surface area is 118 Å². The Balaban J connectivity index is 2.10. The first-order valence-corrected chi connectivity index (χ1v) is 7.05. The number of benzene rings is 1. The van der Waals surface area contributed by atoms with Gasteiger partial charge in [-0.15, -0.1) is 0 Å². The highest BCUT2D eigenvalue weighted by Crippen LogP contribution is 2.21. The van der Waals surface area contributed by atoms with Crippen LogP contribution in [0.1, 0.15) is 43.2 Å². The van der Waals surface area contributed by atoms with E-state index >= 15 is 0 Å². The van der Waals surface area contributed by atoms with Crippen molar-refractivity contribution in [3.05, 3.63) is 34.3 Å². The van der Waals surface area contributed by atoms with Crippen LogP contribution >= 0.6 is 11.6 Å². The van der Waals surface area contributed by atoms with Gasteiger partial charge in [-0.2, -0.15) is 5.26 Å². The summed E-state index contributed by atoms with van der Waals surface area (Å²) in [6.07, 6.45) is 5.01. The lowest BCUT2D eigenvalue weighted by Crippen LogP contribution is -2.32. The van der Waals surface area contributed by atoms with Crippen LogP contribution in [0, 0.1) is 11.3 Å². The van der Waals surface area contributed by atoms with E-state index in [0.29, 0.717) is 23.6 Å². The van der Waals surface area contributed by atoms with Gasteiger partial charge in [0, 0.05) is 24.5 Å². The average Bonchev–Trinajstić information content (AvgIpc) is 2.40. The van der Waals surface area contributed by atoms with E-state index in [1.165, 1.54) is 6.42 Å². The fourth-order valence-corrected chi connectivity index (χ4v) is 2.57. The summed E-state index contributed by atoms with van der Waals surface area (Å²) in [4.78, 5) is 13.9. The molecule has 1 aliphatic heterocycles. The largest absolute Gasteiger partial charge is 0.338 e. The SMILES string of the molecule is N#Cc1ccc(CN2CCCCCCC2=O)c(Cl)c1. The maximum absolute atomic E-state index is 12.0. The lowest BCUT2D eigenvalue weighted by Gasteiger charge is -2.25. The van der Waals surface area contributed by atoms with Gasteiger partial charge in [-0.05, 0) is 30.5 Å². The summed E-state index contributed by atoms with van der Waals surface area (Å²) in [5.74, 6) is 0.208. The Kier molecular flexibility index (Phi) is 4.81. The van der Waals surface area contributed by atoms with E-state index in [-0.39, 0.29) is 5.91 Å². The highest BCUT2D eigenvalue weighted by Gasteiger charge is 2.16. The molecule has 1 fully saturated rings. The van der Waals surface area contributed by atoms with E-state index < -0.39 is 0 Å². The van der Waals surface area contributed by atoms with Gasteiger partial charge in [0.15, 0.2) is 0 Å². The topological polar surface area (TPSA) is 44.1 Å². The highest BCUT2D eigenvalue weighted by atomic mass is 35.5. The second kappa shape index (κ2) is 6.58. The zero-order valence-electron chi connectivity index (χ0n) is 10.9. The molecule has 0 aliphatic carbocycles. The van der Waals surface area contributed by atoms with Crippen LogP contribution in [0.3, 0.4) is 0 Å². The molecule has 3 nitrogen and oxygen atoms in total. The van der Waals surface area contributed by atoms with Crippen molar-refractivity contribution in [2.45, 2.75) is 38.6 Å². The molecular weight excluding hydrogens is 260 g/mol. The van der Waals surface area contributed by atoms with Crippen molar-refractivity contribution in [1.82, 2.24) is 4.90 Å². The first-order valence-electron chi connectivity index (χ1n) is 6.67. The monoisotopic (exact) mass is 276 g/mol. The molecule has 1 amide bonds. The van der Waals surface area contributed by atoms with E-state index in [4.69, 9.17) is 16.9 Å². The van der Waals surface area contributed by atoms with E-state index in [1.54, 1.807) is 12.1 Å². The number of carbonyl (C=O) groups is 1. The van der Waals surface area contributed by atoms with Crippen molar-refractivity contribution in [3.8, 4) is 6.07 Å². The van der Waals surface area contributed by atoms with Gasteiger partial charge in [0.25, 0.3) is 0 Å². The maximum Gasteiger partial charge on any atom is 0.222 e. The molecule has 1 aromatic carbocycles. The second-order valence-corrected chi connectivity index (χ2v) is 5.30. The number of hydrogen-bond acceptors (Lipinski definition) is 2. The van der Waals surface area contributed by atoms with Crippen molar-refractivity contribution < 1.29 is 4.79 Å². The second-order valence-electron chi connectivity index (χ2n) is 4.90. The lowest BCUT2D eigenvalue weighted by molar-refractivity contribution is -0.132. The molecule has 0 spiro atoms. The number of rotatable bonds is 2. The summed E-state index contributed by atoms with van der Waals surface area (Å²) in [7, 11) is 0.